The number of methoxy groups -OCH3 is 2. The lowest BCUT2D eigenvalue weighted by Gasteiger charge is -2.36. The summed E-state index contributed by atoms with van der Waals surface area (Å²) in [7, 11) is 3.25. The lowest BCUT2D eigenvalue weighted by atomic mass is 9.96. The van der Waals surface area contributed by atoms with Crippen molar-refractivity contribution < 1.29 is 9.47 Å². The maximum Gasteiger partial charge on any atom is 0.162 e. The van der Waals surface area contributed by atoms with E-state index in [-0.39, 0.29) is 6.04 Å². The lowest BCUT2D eigenvalue weighted by Crippen LogP contribution is -2.45. The largest absolute Gasteiger partial charge is 0.493 e. The van der Waals surface area contributed by atoms with Crippen LogP contribution in [-0.2, 0) is 0 Å². The zero-order chi connectivity index (χ0) is 17.8. The quantitative estimate of drug-likeness (QED) is 0.849. The standard InChI is InChI=1S/C19H22Cl2N2O2/c1-24-17-11-15(16(21)12-18(17)25-2)19(23-9-7-22-8-10-23)13-3-5-14(20)6-4-13/h3-6,11-12,19,22H,7-10H2,1-2H3. The molecule has 25 heavy (non-hydrogen) atoms. The van der Waals surface area contributed by atoms with Crippen LogP contribution in [0.1, 0.15) is 17.2 Å². The van der Waals surface area contributed by atoms with Crippen LogP contribution in [0, 0.1) is 0 Å². The van der Waals surface area contributed by atoms with Gasteiger partial charge in [-0.05, 0) is 29.3 Å². The molecule has 6 heteroatoms. The highest BCUT2D eigenvalue weighted by Gasteiger charge is 2.27. The summed E-state index contributed by atoms with van der Waals surface area (Å²) in [4.78, 5) is 2.42. The van der Waals surface area contributed by atoms with Crippen LogP contribution >= 0.6 is 23.2 Å². The second-order valence-electron chi connectivity index (χ2n) is 5.97. The van der Waals surface area contributed by atoms with E-state index in [4.69, 9.17) is 32.7 Å². The second-order valence-corrected chi connectivity index (χ2v) is 6.81. The second kappa shape index (κ2) is 8.28. The molecule has 1 unspecified atom stereocenters. The van der Waals surface area contributed by atoms with Crippen LogP contribution in [0.3, 0.4) is 0 Å². The topological polar surface area (TPSA) is 33.7 Å². The number of hydrogen-bond acceptors (Lipinski definition) is 4. The van der Waals surface area contributed by atoms with Crippen LogP contribution in [0.2, 0.25) is 10.0 Å². The van der Waals surface area contributed by atoms with Gasteiger partial charge in [0.25, 0.3) is 0 Å². The maximum atomic E-state index is 6.63. The minimum Gasteiger partial charge on any atom is -0.493 e. The maximum absolute atomic E-state index is 6.63. The highest BCUT2D eigenvalue weighted by atomic mass is 35.5. The van der Waals surface area contributed by atoms with Crippen molar-refractivity contribution in [3.63, 3.8) is 0 Å². The number of nitrogens with zero attached hydrogens (tertiary/aromatic N) is 1. The van der Waals surface area contributed by atoms with E-state index in [0.29, 0.717) is 16.5 Å². The van der Waals surface area contributed by atoms with E-state index in [0.717, 1.165) is 42.3 Å². The molecule has 0 radical (unpaired) electrons. The zero-order valence-corrected chi connectivity index (χ0v) is 15.9. The molecule has 1 saturated heterocycles. The summed E-state index contributed by atoms with van der Waals surface area (Å²) < 4.78 is 10.9. The minimum absolute atomic E-state index is 0.0340. The van der Waals surface area contributed by atoms with Crippen molar-refractivity contribution in [3.8, 4) is 11.5 Å². The van der Waals surface area contributed by atoms with Crippen molar-refractivity contribution in [1.82, 2.24) is 10.2 Å². The third-order valence-corrected chi connectivity index (χ3v) is 5.08. The number of benzene rings is 2. The van der Waals surface area contributed by atoms with Crippen LogP contribution in [0.4, 0.5) is 0 Å². The van der Waals surface area contributed by atoms with Crippen molar-refractivity contribution in [1.29, 1.82) is 0 Å². The first-order chi connectivity index (χ1) is 12.1. The Morgan fingerprint density at radius 3 is 2.16 bits per heavy atom. The third-order valence-electron chi connectivity index (χ3n) is 4.50. The Morgan fingerprint density at radius 1 is 0.960 bits per heavy atom. The van der Waals surface area contributed by atoms with E-state index in [1.165, 1.54) is 0 Å². The molecule has 1 fully saturated rings. The molecular formula is C19H22Cl2N2O2. The molecule has 2 aromatic carbocycles. The summed E-state index contributed by atoms with van der Waals surface area (Å²) >= 11 is 12.7. The molecule has 134 valence electrons. The van der Waals surface area contributed by atoms with Gasteiger partial charge in [-0.25, -0.2) is 0 Å². The number of rotatable bonds is 5. The number of piperazine rings is 1. The van der Waals surface area contributed by atoms with Crippen molar-refractivity contribution in [2.75, 3.05) is 40.4 Å². The van der Waals surface area contributed by atoms with E-state index in [2.05, 4.69) is 22.3 Å². The number of halogens is 2. The highest BCUT2D eigenvalue weighted by Crippen LogP contribution is 2.40. The van der Waals surface area contributed by atoms with Crippen LogP contribution < -0.4 is 14.8 Å². The Bertz CT molecular complexity index is 716. The number of nitrogens with one attached hydrogen (secondary N) is 1. The molecule has 0 spiro atoms. The predicted octanol–water partition coefficient (Wildman–Crippen LogP) is 4.01. The Hall–Kier alpha value is -1.46. The van der Waals surface area contributed by atoms with Crippen molar-refractivity contribution in [2.24, 2.45) is 0 Å². The Labute approximate surface area is 158 Å². The van der Waals surface area contributed by atoms with Gasteiger partial charge in [0.2, 0.25) is 0 Å². The van der Waals surface area contributed by atoms with E-state index < -0.39 is 0 Å². The first kappa shape index (κ1) is 18.3. The summed E-state index contributed by atoms with van der Waals surface area (Å²) in [6.45, 7) is 3.79. The molecule has 0 bridgehead atoms. The molecule has 1 heterocycles. The summed E-state index contributed by atoms with van der Waals surface area (Å²) in [5.74, 6) is 1.31. The first-order valence-electron chi connectivity index (χ1n) is 8.25. The van der Waals surface area contributed by atoms with Crippen LogP contribution in [0.25, 0.3) is 0 Å². The molecule has 0 saturated carbocycles. The molecular weight excluding hydrogens is 359 g/mol. The molecule has 1 N–H and O–H groups in total. The monoisotopic (exact) mass is 380 g/mol. The Balaban J connectivity index is 2.09. The van der Waals surface area contributed by atoms with Crippen LogP contribution in [0.5, 0.6) is 11.5 Å². The molecule has 0 amide bonds. The van der Waals surface area contributed by atoms with Gasteiger partial charge in [0, 0.05) is 42.3 Å². The summed E-state index contributed by atoms with van der Waals surface area (Å²) in [6, 6.07) is 11.8. The molecule has 4 nitrogen and oxygen atoms in total. The van der Waals surface area contributed by atoms with Crippen molar-refractivity contribution in [2.45, 2.75) is 6.04 Å². The number of hydrogen-bond donors (Lipinski definition) is 1. The summed E-state index contributed by atoms with van der Waals surface area (Å²) in [5, 5.41) is 4.78. The average molecular weight is 381 g/mol. The fourth-order valence-electron chi connectivity index (χ4n) is 3.25. The molecule has 3 rings (SSSR count). The van der Waals surface area contributed by atoms with Gasteiger partial charge in [0.1, 0.15) is 0 Å². The van der Waals surface area contributed by atoms with Crippen molar-refractivity contribution in [3.05, 3.63) is 57.6 Å². The molecule has 0 aromatic heterocycles. The van der Waals surface area contributed by atoms with Crippen LogP contribution in [0.15, 0.2) is 36.4 Å². The van der Waals surface area contributed by atoms with E-state index in [9.17, 15) is 0 Å². The van der Waals surface area contributed by atoms with Gasteiger partial charge < -0.3 is 14.8 Å². The fourth-order valence-corrected chi connectivity index (χ4v) is 3.63. The normalized spacial score (nSPS) is 16.5. The zero-order valence-electron chi connectivity index (χ0n) is 14.4. The van der Waals surface area contributed by atoms with E-state index in [1.807, 2.05) is 24.3 Å². The van der Waals surface area contributed by atoms with Gasteiger partial charge in [0.15, 0.2) is 11.5 Å². The van der Waals surface area contributed by atoms with Crippen LogP contribution in [-0.4, -0.2) is 45.3 Å². The molecule has 1 aliphatic rings. The third kappa shape index (κ3) is 4.04. The number of ether oxygens (including phenoxy) is 2. The predicted molar refractivity (Wildman–Crippen MR) is 102 cm³/mol. The van der Waals surface area contributed by atoms with Gasteiger partial charge in [-0.3, -0.25) is 4.90 Å². The molecule has 1 aliphatic heterocycles. The fraction of sp³-hybridized carbons (Fsp3) is 0.368. The van der Waals surface area contributed by atoms with Gasteiger partial charge >= 0.3 is 0 Å². The SMILES string of the molecule is COc1cc(Cl)c(C(c2ccc(Cl)cc2)N2CCNCC2)cc1OC. The Kier molecular flexibility index (Phi) is 6.07. The summed E-state index contributed by atoms with van der Waals surface area (Å²) in [6.07, 6.45) is 0. The van der Waals surface area contributed by atoms with Gasteiger partial charge in [-0.2, -0.15) is 0 Å². The van der Waals surface area contributed by atoms with Crippen molar-refractivity contribution >= 4 is 23.2 Å². The summed E-state index contributed by atoms with van der Waals surface area (Å²) in [5.41, 5.74) is 2.16. The molecule has 2 aromatic rings. The molecule has 0 aliphatic carbocycles. The smallest absolute Gasteiger partial charge is 0.162 e. The highest BCUT2D eigenvalue weighted by molar-refractivity contribution is 6.31. The lowest BCUT2D eigenvalue weighted by molar-refractivity contribution is 0.198. The molecule has 1 atom stereocenters. The average Bonchev–Trinajstić information content (AvgIpc) is 2.65. The van der Waals surface area contributed by atoms with E-state index in [1.54, 1.807) is 14.2 Å². The minimum atomic E-state index is 0.0340. The van der Waals surface area contributed by atoms with Gasteiger partial charge in [-0.1, -0.05) is 35.3 Å². The van der Waals surface area contributed by atoms with Gasteiger partial charge in [0.05, 0.1) is 20.3 Å². The van der Waals surface area contributed by atoms with E-state index >= 15 is 0 Å². The van der Waals surface area contributed by atoms with Gasteiger partial charge in [-0.15, -0.1) is 0 Å². The first-order valence-corrected chi connectivity index (χ1v) is 9.01. The Morgan fingerprint density at radius 2 is 1.56 bits per heavy atom.